The molecule has 168 valence electrons. The number of ether oxygens (including phenoxy) is 3. The van der Waals surface area contributed by atoms with Crippen LogP contribution in [0.3, 0.4) is 0 Å². The number of hydrazone groups is 1. The lowest BCUT2D eigenvalue weighted by atomic mass is 10.0. The highest BCUT2D eigenvalue weighted by atomic mass is 79.9. The van der Waals surface area contributed by atoms with E-state index >= 15 is 0 Å². The maximum atomic E-state index is 6.02. The molecule has 0 aromatic heterocycles. The molecule has 0 amide bonds. The molecule has 2 aromatic rings. The Labute approximate surface area is 198 Å². The third kappa shape index (κ3) is 7.70. The smallest absolute Gasteiger partial charge is 0.186 e. The Kier molecular flexibility index (Phi) is 10.1. The summed E-state index contributed by atoms with van der Waals surface area (Å²) in [6.45, 7) is 9.64. The van der Waals surface area contributed by atoms with Crippen LogP contribution >= 0.6 is 28.1 Å². The maximum absolute atomic E-state index is 6.02. The summed E-state index contributed by atoms with van der Waals surface area (Å²) in [4.78, 5) is 0. The highest BCUT2D eigenvalue weighted by Gasteiger charge is 2.13. The second kappa shape index (κ2) is 12.5. The lowest BCUT2D eigenvalue weighted by Crippen LogP contribution is -2.28. The highest BCUT2D eigenvalue weighted by Crippen LogP contribution is 2.36. The Morgan fingerprint density at radius 1 is 1.13 bits per heavy atom. The predicted octanol–water partition coefficient (Wildman–Crippen LogP) is 5.17. The summed E-state index contributed by atoms with van der Waals surface area (Å²) in [5.41, 5.74) is 5.93. The zero-order chi connectivity index (χ0) is 22.8. The van der Waals surface area contributed by atoms with Crippen molar-refractivity contribution < 1.29 is 14.2 Å². The fourth-order valence-electron chi connectivity index (χ4n) is 2.83. The van der Waals surface area contributed by atoms with Crippen LogP contribution < -0.4 is 25.0 Å². The third-order valence-corrected chi connectivity index (χ3v) is 5.20. The van der Waals surface area contributed by atoms with E-state index < -0.39 is 0 Å². The van der Waals surface area contributed by atoms with Gasteiger partial charge in [-0.05, 0) is 82.8 Å². The van der Waals surface area contributed by atoms with E-state index in [9.17, 15) is 0 Å². The number of hydrogen-bond acceptors (Lipinski definition) is 5. The van der Waals surface area contributed by atoms with Crippen LogP contribution in [0.15, 0.2) is 39.9 Å². The summed E-state index contributed by atoms with van der Waals surface area (Å²) >= 11 is 8.58. The summed E-state index contributed by atoms with van der Waals surface area (Å²) in [5, 5.41) is 7.34. The molecule has 6 nitrogen and oxygen atoms in total. The molecule has 0 spiro atoms. The van der Waals surface area contributed by atoms with Crippen LogP contribution in [-0.2, 0) is 0 Å². The minimum atomic E-state index is 0.385. The van der Waals surface area contributed by atoms with Crippen LogP contribution in [0.4, 0.5) is 0 Å². The fraction of sp³-hybridized carbons (Fsp3) is 0.391. The van der Waals surface area contributed by atoms with Crippen molar-refractivity contribution in [3.8, 4) is 17.2 Å². The van der Waals surface area contributed by atoms with Crippen molar-refractivity contribution in [1.82, 2.24) is 10.7 Å². The monoisotopic (exact) mass is 507 g/mol. The van der Waals surface area contributed by atoms with Crippen molar-refractivity contribution in [3.05, 3.63) is 51.5 Å². The number of nitrogens with zero attached hydrogens (tertiary/aromatic N) is 1. The summed E-state index contributed by atoms with van der Waals surface area (Å²) in [6, 6.07) is 10.1. The molecule has 0 fully saturated rings. The van der Waals surface area contributed by atoms with Crippen molar-refractivity contribution in [2.24, 2.45) is 5.10 Å². The van der Waals surface area contributed by atoms with Gasteiger partial charge in [0.05, 0.1) is 17.3 Å². The number of thiocarbonyl (C=S) groups is 1. The first-order chi connectivity index (χ1) is 14.8. The Morgan fingerprint density at radius 3 is 2.55 bits per heavy atom. The minimum absolute atomic E-state index is 0.385. The molecule has 0 aliphatic carbocycles. The van der Waals surface area contributed by atoms with Gasteiger partial charge >= 0.3 is 0 Å². The number of halogens is 1. The lowest BCUT2D eigenvalue weighted by Gasteiger charge is -2.17. The van der Waals surface area contributed by atoms with Crippen molar-refractivity contribution in [3.63, 3.8) is 0 Å². The zero-order valence-corrected chi connectivity index (χ0v) is 21.0. The first-order valence-electron chi connectivity index (χ1n) is 10.2. The first kappa shape index (κ1) is 24.9. The van der Waals surface area contributed by atoms with Crippen LogP contribution in [0.25, 0.3) is 0 Å². The summed E-state index contributed by atoms with van der Waals surface area (Å²) in [7, 11) is 1.73. The molecular formula is C23H30BrN3O3S. The maximum Gasteiger partial charge on any atom is 0.186 e. The average molecular weight is 508 g/mol. The Morgan fingerprint density at radius 2 is 1.87 bits per heavy atom. The molecule has 0 saturated heterocycles. The van der Waals surface area contributed by atoms with Gasteiger partial charge in [0.1, 0.15) is 19.0 Å². The summed E-state index contributed by atoms with van der Waals surface area (Å²) in [6.07, 6.45) is 1.66. The lowest BCUT2D eigenvalue weighted by molar-refractivity contribution is 0.206. The van der Waals surface area contributed by atoms with Gasteiger partial charge in [0, 0.05) is 7.05 Å². The molecule has 0 bridgehead atoms. The molecule has 8 heteroatoms. The predicted molar refractivity (Wildman–Crippen MR) is 134 cm³/mol. The molecule has 0 saturated carbocycles. The van der Waals surface area contributed by atoms with E-state index in [-0.39, 0.29) is 0 Å². The van der Waals surface area contributed by atoms with E-state index in [2.05, 4.69) is 70.7 Å². The Balaban J connectivity index is 2.06. The SMILES string of the molecule is CCOc1cc(/C=N/NC(=S)NC)cc(Br)c1OCCOc1cc(C)ccc1C(C)C. The van der Waals surface area contributed by atoms with Gasteiger partial charge in [-0.1, -0.05) is 26.0 Å². The molecular weight excluding hydrogens is 478 g/mol. The second-order valence-corrected chi connectivity index (χ2v) is 8.37. The minimum Gasteiger partial charge on any atom is -0.490 e. The molecule has 0 unspecified atom stereocenters. The largest absolute Gasteiger partial charge is 0.490 e. The van der Waals surface area contributed by atoms with Gasteiger partial charge in [0.2, 0.25) is 0 Å². The van der Waals surface area contributed by atoms with Gasteiger partial charge < -0.3 is 19.5 Å². The van der Waals surface area contributed by atoms with E-state index in [4.69, 9.17) is 26.4 Å². The molecule has 2 N–H and O–H groups in total. The average Bonchev–Trinajstić information content (AvgIpc) is 2.72. The second-order valence-electron chi connectivity index (χ2n) is 7.11. The molecule has 0 aliphatic rings. The molecule has 0 radical (unpaired) electrons. The van der Waals surface area contributed by atoms with Crippen molar-refractivity contribution in [2.45, 2.75) is 33.6 Å². The molecule has 0 aliphatic heterocycles. The van der Waals surface area contributed by atoms with Crippen LogP contribution in [0.2, 0.25) is 0 Å². The van der Waals surface area contributed by atoms with Gasteiger partial charge in [-0.15, -0.1) is 0 Å². The van der Waals surface area contributed by atoms with Crippen molar-refractivity contribution in [2.75, 3.05) is 26.9 Å². The molecule has 2 rings (SSSR count). The first-order valence-corrected chi connectivity index (χ1v) is 11.4. The van der Waals surface area contributed by atoms with E-state index in [0.717, 1.165) is 15.8 Å². The fourth-order valence-corrected chi connectivity index (χ4v) is 3.45. The zero-order valence-electron chi connectivity index (χ0n) is 18.6. The van der Waals surface area contributed by atoms with Gasteiger partial charge in [-0.3, -0.25) is 5.43 Å². The molecule has 0 atom stereocenters. The number of aryl methyl sites for hydroxylation is 1. The van der Waals surface area contributed by atoms with Crippen LogP contribution in [0.5, 0.6) is 17.2 Å². The van der Waals surface area contributed by atoms with Gasteiger partial charge in [-0.25, -0.2) is 0 Å². The normalized spacial score (nSPS) is 10.9. The van der Waals surface area contributed by atoms with Crippen molar-refractivity contribution >= 4 is 39.5 Å². The van der Waals surface area contributed by atoms with Gasteiger partial charge in [0.25, 0.3) is 0 Å². The van der Waals surface area contributed by atoms with E-state index in [0.29, 0.717) is 42.4 Å². The Hall–Kier alpha value is -2.32. The molecule has 2 aromatic carbocycles. The summed E-state index contributed by atoms with van der Waals surface area (Å²) < 4.78 is 18.6. The molecule has 31 heavy (non-hydrogen) atoms. The topological polar surface area (TPSA) is 64.1 Å². The molecule has 0 heterocycles. The van der Waals surface area contributed by atoms with Crippen LogP contribution in [0.1, 0.15) is 43.4 Å². The Bertz CT molecular complexity index is 919. The summed E-state index contributed by atoms with van der Waals surface area (Å²) in [5.74, 6) is 2.56. The number of nitrogens with one attached hydrogen (secondary N) is 2. The van der Waals surface area contributed by atoms with Crippen LogP contribution in [-0.4, -0.2) is 38.2 Å². The van der Waals surface area contributed by atoms with E-state index in [1.807, 2.05) is 19.1 Å². The van der Waals surface area contributed by atoms with E-state index in [1.165, 1.54) is 11.1 Å². The number of benzene rings is 2. The van der Waals surface area contributed by atoms with E-state index in [1.54, 1.807) is 13.3 Å². The standard InChI is InChI=1S/C23H30BrN3O3S/c1-6-28-21-13-17(14-26-27-23(31)25-5)12-19(24)22(21)30-10-9-29-20-11-16(4)7-8-18(20)15(2)3/h7-8,11-15H,6,9-10H2,1-5H3,(H2,25,27,31)/b26-14+. The van der Waals surface area contributed by atoms with Crippen LogP contribution in [0, 0.1) is 6.92 Å². The van der Waals surface area contributed by atoms with Gasteiger partial charge in [-0.2, -0.15) is 5.10 Å². The highest BCUT2D eigenvalue weighted by molar-refractivity contribution is 9.10. The van der Waals surface area contributed by atoms with Crippen molar-refractivity contribution in [1.29, 1.82) is 0 Å². The number of rotatable bonds is 10. The quantitative estimate of drug-likeness (QED) is 0.200. The third-order valence-electron chi connectivity index (χ3n) is 4.32. The number of hydrogen-bond donors (Lipinski definition) is 2. The van der Waals surface area contributed by atoms with Gasteiger partial charge in [0.15, 0.2) is 16.6 Å².